The first-order chi connectivity index (χ1) is 9.76. The largest absolute Gasteiger partial charge is 0.396 e. The third-order valence-electron chi connectivity index (χ3n) is 3.81. The second-order valence-electron chi connectivity index (χ2n) is 5.63. The van der Waals surface area contributed by atoms with Crippen LogP contribution in [0.4, 0.5) is 0 Å². The van der Waals surface area contributed by atoms with Crippen molar-refractivity contribution in [1.29, 1.82) is 0 Å². The van der Waals surface area contributed by atoms with Crippen molar-refractivity contribution >= 4 is 5.91 Å². The molecule has 0 saturated carbocycles. The predicted octanol–water partition coefficient (Wildman–Crippen LogP) is 4.14. The van der Waals surface area contributed by atoms with E-state index in [0.717, 1.165) is 13.0 Å². The molecule has 0 bridgehead atoms. The van der Waals surface area contributed by atoms with Crippen LogP contribution in [-0.4, -0.2) is 35.6 Å². The molecule has 0 rings (SSSR count). The first-order valence-electron chi connectivity index (χ1n) is 8.64. The van der Waals surface area contributed by atoms with Crippen LogP contribution in [0, 0.1) is 0 Å². The lowest BCUT2D eigenvalue weighted by molar-refractivity contribution is -0.131. The van der Waals surface area contributed by atoms with Gasteiger partial charge in [0.15, 0.2) is 0 Å². The minimum absolute atomic E-state index is 0.168. The van der Waals surface area contributed by atoms with E-state index in [1.807, 2.05) is 11.8 Å². The molecule has 1 amide bonds. The van der Waals surface area contributed by atoms with Crippen molar-refractivity contribution in [2.45, 2.75) is 84.5 Å². The van der Waals surface area contributed by atoms with Gasteiger partial charge in [-0.1, -0.05) is 58.3 Å². The Morgan fingerprint density at radius 1 is 0.850 bits per heavy atom. The highest BCUT2D eigenvalue weighted by Gasteiger charge is 2.10. The van der Waals surface area contributed by atoms with E-state index in [1.54, 1.807) is 0 Å². The fraction of sp³-hybridized carbons (Fsp3) is 0.941. The van der Waals surface area contributed by atoms with Crippen LogP contribution in [0.5, 0.6) is 0 Å². The Hall–Kier alpha value is -0.570. The van der Waals surface area contributed by atoms with Crippen molar-refractivity contribution in [1.82, 2.24) is 4.90 Å². The molecule has 3 nitrogen and oxygen atoms in total. The molecule has 0 aliphatic rings. The van der Waals surface area contributed by atoms with E-state index in [4.69, 9.17) is 5.11 Å². The van der Waals surface area contributed by atoms with Crippen LogP contribution in [0.3, 0.4) is 0 Å². The van der Waals surface area contributed by atoms with Crippen molar-refractivity contribution in [3.05, 3.63) is 0 Å². The Morgan fingerprint density at radius 3 is 1.90 bits per heavy atom. The lowest BCUT2D eigenvalue weighted by atomic mass is 10.1. The zero-order valence-corrected chi connectivity index (χ0v) is 13.7. The average molecular weight is 285 g/mol. The van der Waals surface area contributed by atoms with Gasteiger partial charge >= 0.3 is 0 Å². The fourth-order valence-electron chi connectivity index (χ4n) is 2.47. The molecule has 0 heterocycles. The summed E-state index contributed by atoms with van der Waals surface area (Å²) in [6.45, 7) is 5.88. The lowest BCUT2D eigenvalue weighted by Gasteiger charge is -2.20. The molecule has 20 heavy (non-hydrogen) atoms. The summed E-state index contributed by atoms with van der Waals surface area (Å²) in [6, 6.07) is 0. The number of carbonyl (C=O) groups is 1. The molecule has 0 spiro atoms. The SMILES string of the molecule is CCCCCCCCCCCC(=O)N(CC)CCCO. The maximum absolute atomic E-state index is 11.9. The van der Waals surface area contributed by atoms with E-state index in [9.17, 15) is 4.79 Å². The molecule has 120 valence electrons. The number of hydrogen-bond donors (Lipinski definition) is 1. The van der Waals surface area contributed by atoms with Gasteiger partial charge in [-0.05, 0) is 19.8 Å². The van der Waals surface area contributed by atoms with Crippen LogP contribution in [-0.2, 0) is 4.79 Å². The molecule has 0 aromatic heterocycles. The summed E-state index contributed by atoms with van der Waals surface area (Å²) in [5, 5.41) is 8.80. The maximum Gasteiger partial charge on any atom is 0.222 e. The Labute approximate surface area is 125 Å². The predicted molar refractivity (Wildman–Crippen MR) is 85.8 cm³/mol. The van der Waals surface area contributed by atoms with Gasteiger partial charge in [0.2, 0.25) is 5.91 Å². The third kappa shape index (κ3) is 11.3. The van der Waals surface area contributed by atoms with Crippen LogP contribution < -0.4 is 0 Å². The Bertz CT molecular complexity index is 219. The van der Waals surface area contributed by atoms with E-state index in [2.05, 4.69) is 6.92 Å². The summed E-state index contributed by atoms with van der Waals surface area (Å²) in [5.41, 5.74) is 0. The Balaban J connectivity index is 3.41. The third-order valence-corrected chi connectivity index (χ3v) is 3.81. The molecular formula is C17H35NO2. The number of hydrogen-bond acceptors (Lipinski definition) is 2. The van der Waals surface area contributed by atoms with Gasteiger partial charge in [-0.25, -0.2) is 0 Å². The van der Waals surface area contributed by atoms with Gasteiger partial charge in [0.05, 0.1) is 0 Å². The summed E-state index contributed by atoms with van der Waals surface area (Å²) >= 11 is 0. The van der Waals surface area contributed by atoms with Gasteiger partial charge in [0, 0.05) is 26.1 Å². The first kappa shape index (κ1) is 19.4. The molecule has 0 saturated heterocycles. The number of rotatable bonds is 14. The summed E-state index contributed by atoms with van der Waals surface area (Å²) in [4.78, 5) is 13.8. The van der Waals surface area contributed by atoms with Gasteiger partial charge in [0.1, 0.15) is 0 Å². The number of amides is 1. The zero-order valence-electron chi connectivity index (χ0n) is 13.7. The second kappa shape index (κ2) is 14.8. The van der Waals surface area contributed by atoms with E-state index >= 15 is 0 Å². The molecule has 0 fully saturated rings. The monoisotopic (exact) mass is 285 g/mol. The zero-order chi connectivity index (χ0) is 15.1. The van der Waals surface area contributed by atoms with Crippen LogP contribution in [0.15, 0.2) is 0 Å². The number of nitrogens with zero attached hydrogens (tertiary/aromatic N) is 1. The molecule has 0 aromatic carbocycles. The van der Waals surface area contributed by atoms with Crippen molar-refractivity contribution in [2.24, 2.45) is 0 Å². The molecule has 3 heteroatoms. The highest BCUT2D eigenvalue weighted by Crippen LogP contribution is 2.11. The van der Waals surface area contributed by atoms with Crippen molar-refractivity contribution < 1.29 is 9.90 Å². The van der Waals surface area contributed by atoms with Crippen LogP contribution in [0.2, 0.25) is 0 Å². The first-order valence-corrected chi connectivity index (χ1v) is 8.64. The molecule has 0 aromatic rings. The van der Waals surface area contributed by atoms with E-state index in [0.29, 0.717) is 19.4 Å². The quantitative estimate of drug-likeness (QED) is 0.487. The van der Waals surface area contributed by atoms with E-state index in [-0.39, 0.29) is 12.5 Å². The Morgan fingerprint density at radius 2 is 1.40 bits per heavy atom. The average Bonchev–Trinajstić information content (AvgIpc) is 2.46. The smallest absolute Gasteiger partial charge is 0.222 e. The molecule has 0 radical (unpaired) electrons. The van der Waals surface area contributed by atoms with Crippen LogP contribution in [0.25, 0.3) is 0 Å². The standard InChI is InChI=1S/C17H35NO2/c1-3-5-6-7-8-9-10-11-12-14-17(20)18(4-2)15-13-16-19/h19H,3-16H2,1-2H3. The van der Waals surface area contributed by atoms with Gasteiger partial charge in [-0.2, -0.15) is 0 Å². The number of aliphatic hydroxyl groups excluding tert-OH is 1. The number of unbranched alkanes of at least 4 members (excludes halogenated alkanes) is 8. The number of aliphatic hydroxyl groups is 1. The summed E-state index contributed by atoms with van der Waals surface area (Å²) in [7, 11) is 0. The molecule has 0 atom stereocenters. The highest BCUT2D eigenvalue weighted by molar-refractivity contribution is 5.76. The molecule has 0 unspecified atom stereocenters. The van der Waals surface area contributed by atoms with Crippen LogP contribution in [0.1, 0.15) is 84.5 Å². The minimum Gasteiger partial charge on any atom is -0.396 e. The van der Waals surface area contributed by atoms with Gasteiger partial charge in [-0.15, -0.1) is 0 Å². The lowest BCUT2D eigenvalue weighted by Crippen LogP contribution is -2.31. The van der Waals surface area contributed by atoms with Crippen LogP contribution >= 0.6 is 0 Å². The fourth-order valence-corrected chi connectivity index (χ4v) is 2.47. The minimum atomic E-state index is 0.168. The molecular weight excluding hydrogens is 250 g/mol. The molecule has 0 aliphatic heterocycles. The number of carbonyl (C=O) groups excluding carboxylic acids is 1. The van der Waals surface area contributed by atoms with Crippen molar-refractivity contribution in [3.8, 4) is 0 Å². The topological polar surface area (TPSA) is 40.5 Å². The normalized spacial score (nSPS) is 10.8. The summed E-state index contributed by atoms with van der Waals surface area (Å²) in [5.74, 6) is 0.254. The van der Waals surface area contributed by atoms with Gasteiger partial charge in [-0.3, -0.25) is 4.79 Å². The van der Waals surface area contributed by atoms with Crippen molar-refractivity contribution in [2.75, 3.05) is 19.7 Å². The van der Waals surface area contributed by atoms with Crippen molar-refractivity contribution in [3.63, 3.8) is 0 Å². The molecule has 0 aliphatic carbocycles. The van der Waals surface area contributed by atoms with Gasteiger partial charge in [0.25, 0.3) is 0 Å². The molecule has 1 N–H and O–H groups in total. The Kier molecular flexibility index (Phi) is 14.4. The maximum atomic E-state index is 11.9. The van der Waals surface area contributed by atoms with Gasteiger partial charge < -0.3 is 10.0 Å². The van der Waals surface area contributed by atoms with E-state index < -0.39 is 0 Å². The summed E-state index contributed by atoms with van der Waals surface area (Å²) < 4.78 is 0. The summed E-state index contributed by atoms with van der Waals surface area (Å²) in [6.07, 6.45) is 12.9. The second-order valence-corrected chi connectivity index (χ2v) is 5.63. The highest BCUT2D eigenvalue weighted by atomic mass is 16.3. The van der Waals surface area contributed by atoms with E-state index in [1.165, 1.54) is 51.4 Å².